The fraction of sp³-hybridized carbons (Fsp3) is 0.0714. The molecule has 0 aromatic heterocycles. The van der Waals surface area contributed by atoms with Crippen molar-refractivity contribution in [2.75, 3.05) is 4.90 Å². The van der Waals surface area contributed by atoms with Crippen molar-refractivity contribution in [1.82, 2.24) is 0 Å². The summed E-state index contributed by atoms with van der Waals surface area (Å²) in [4.78, 5) is 4.98. The first-order valence-electron chi connectivity index (χ1n) is 10.2. The molecule has 1 heterocycles. The van der Waals surface area contributed by atoms with Gasteiger partial charge in [-0.3, -0.25) is 0 Å². The number of aryl methyl sites for hydroxylation is 2. The van der Waals surface area contributed by atoms with Crippen LogP contribution in [-0.2, 0) is 26.2 Å². The van der Waals surface area contributed by atoms with E-state index in [1.807, 2.05) is 11.8 Å². The molecule has 0 atom stereocenters. The molecule has 164 valence electrons. The number of rotatable bonds is 1. The van der Waals surface area contributed by atoms with Gasteiger partial charge >= 0.3 is 26.2 Å². The molecule has 0 radical (unpaired) electrons. The molecule has 1 aliphatic heterocycles. The molecule has 0 unspecified atom stereocenters. The summed E-state index contributed by atoms with van der Waals surface area (Å²) in [5.74, 6) is 0. The predicted molar refractivity (Wildman–Crippen MR) is 130 cm³/mol. The molecule has 1 nitrogen and oxygen atoms in total. The zero-order valence-electron chi connectivity index (χ0n) is 18.4. The third-order valence-corrected chi connectivity index (χ3v) is 6.74. The molecule has 0 bridgehead atoms. The van der Waals surface area contributed by atoms with Crippen molar-refractivity contribution in [3.05, 3.63) is 114 Å². The Morgan fingerprint density at radius 3 is 1.85 bits per heavy atom. The Morgan fingerprint density at radius 2 is 1.33 bits per heavy atom. The fourth-order valence-corrected chi connectivity index (χ4v) is 4.90. The van der Waals surface area contributed by atoms with Crippen LogP contribution in [0, 0.1) is 13.8 Å². The van der Waals surface area contributed by atoms with E-state index in [4.69, 9.17) is 0 Å². The van der Waals surface area contributed by atoms with E-state index in [1.165, 1.54) is 48.8 Å². The second-order valence-electron chi connectivity index (χ2n) is 7.61. The van der Waals surface area contributed by atoms with Crippen LogP contribution in [0.2, 0.25) is 0 Å². The average molecular weight is 568 g/mol. The molecule has 0 spiro atoms. The molecule has 5 aromatic rings. The Morgan fingerprint density at radius 1 is 0.758 bits per heavy atom. The minimum Gasteiger partial charge on any atom is -1.00 e. The first-order valence-corrected chi connectivity index (χ1v) is 11.0. The predicted octanol–water partition coefficient (Wildman–Crippen LogP) is 2.52. The van der Waals surface area contributed by atoms with Crippen LogP contribution in [0.4, 0.5) is 17.1 Å². The smallest absolute Gasteiger partial charge is 1.00 e. The van der Waals surface area contributed by atoms with Gasteiger partial charge in [-0.25, -0.2) is 12.1 Å². The second-order valence-corrected chi connectivity index (χ2v) is 8.69. The van der Waals surface area contributed by atoms with E-state index < -0.39 is 0 Å². The van der Waals surface area contributed by atoms with Crippen molar-refractivity contribution < 1.29 is 51.0 Å². The van der Waals surface area contributed by atoms with Gasteiger partial charge < -0.3 is 29.7 Å². The van der Waals surface area contributed by atoms with Crippen LogP contribution >= 0.6 is 11.8 Å². The summed E-state index contributed by atoms with van der Waals surface area (Å²) in [6.07, 6.45) is 0. The van der Waals surface area contributed by atoms with E-state index in [-0.39, 0.29) is 51.0 Å². The minimum atomic E-state index is 0. The molecular formula is C28H23Cl2NSZr. The van der Waals surface area contributed by atoms with Crippen molar-refractivity contribution in [1.29, 1.82) is 0 Å². The van der Waals surface area contributed by atoms with Crippen molar-refractivity contribution in [2.45, 2.75) is 23.6 Å². The Balaban J connectivity index is 0.000000337. The van der Waals surface area contributed by atoms with E-state index in [1.54, 1.807) is 0 Å². The summed E-state index contributed by atoms with van der Waals surface area (Å²) < 4.78 is 0. The van der Waals surface area contributed by atoms with Crippen LogP contribution < -0.4 is 29.7 Å². The standard InChI is InChI=1S/C21H14NS.C7H9.2ClH.Zr/c1-2-8-16-14-17(13-15(16)7-1)22-18-9-3-5-11-20(18)23-21-12-6-4-10-19(21)22;1-6-4-3-5-7(6)2;;;/h1-14H;3-5H,1-2H3;2*1H;/q2*-1;;;+4/p-2. The maximum atomic E-state index is 2.38. The monoisotopic (exact) mass is 565 g/mol. The van der Waals surface area contributed by atoms with Crippen molar-refractivity contribution in [3.63, 3.8) is 0 Å². The van der Waals surface area contributed by atoms with E-state index in [9.17, 15) is 0 Å². The van der Waals surface area contributed by atoms with Crippen LogP contribution in [0.5, 0.6) is 0 Å². The van der Waals surface area contributed by atoms with Gasteiger partial charge in [-0.2, -0.15) is 17.2 Å². The van der Waals surface area contributed by atoms with Crippen LogP contribution in [0.25, 0.3) is 10.8 Å². The largest absolute Gasteiger partial charge is 4.00 e. The number of halogens is 2. The molecule has 0 aliphatic carbocycles. The first-order chi connectivity index (χ1) is 14.7. The van der Waals surface area contributed by atoms with E-state index in [2.05, 4.69) is 122 Å². The van der Waals surface area contributed by atoms with Gasteiger partial charge in [-0.15, -0.1) is 41.1 Å². The quantitative estimate of drug-likeness (QED) is 0.281. The summed E-state index contributed by atoms with van der Waals surface area (Å²) in [5.41, 5.74) is 6.52. The van der Waals surface area contributed by atoms with Crippen LogP contribution in [-0.4, -0.2) is 0 Å². The molecule has 0 N–H and O–H groups in total. The third kappa shape index (κ3) is 5.66. The van der Waals surface area contributed by atoms with Gasteiger partial charge in [0.1, 0.15) is 0 Å². The van der Waals surface area contributed by atoms with Crippen LogP contribution in [0.1, 0.15) is 11.1 Å². The topological polar surface area (TPSA) is 3.24 Å². The molecule has 0 saturated carbocycles. The van der Waals surface area contributed by atoms with Gasteiger partial charge in [0.25, 0.3) is 0 Å². The van der Waals surface area contributed by atoms with Crippen LogP contribution in [0.15, 0.2) is 113 Å². The summed E-state index contributed by atoms with van der Waals surface area (Å²) >= 11 is 1.85. The Bertz CT molecular complexity index is 1230. The van der Waals surface area contributed by atoms with Crippen molar-refractivity contribution in [2.24, 2.45) is 0 Å². The number of hydrogen-bond acceptors (Lipinski definition) is 2. The Labute approximate surface area is 231 Å². The summed E-state index contributed by atoms with van der Waals surface area (Å²) in [7, 11) is 0. The SMILES string of the molecule is Cc1ccc[c-]1C.[Cl-].[Cl-].[Zr+4].c1ccc2c(c1)Sc1ccccc1N2c1cc2ccccc2[cH-]1. The molecule has 1 aliphatic rings. The number of hydrogen-bond donors (Lipinski definition) is 0. The zero-order chi connectivity index (χ0) is 20.5. The molecule has 33 heavy (non-hydrogen) atoms. The maximum absolute atomic E-state index is 2.38. The zero-order valence-corrected chi connectivity index (χ0v) is 23.2. The van der Waals surface area contributed by atoms with Gasteiger partial charge in [0.05, 0.1) is 11.4 Å². The number of fused-ring (bicyclic) bond motifs is 3. The molecular weight excluding hydrogens is 545 g/mol. The second kappa shape index (κ2) is 12.1. The summed E-state index contributed by atoms with van der Waals surface area (Å²) in [6, 6.07) is 36.7. The van der Waals surface area contributed by atoms with Gasteiger partial charge in [0.2, 0.25) is 0 Å². The Hall–Kier alpha value is -1.77. The molecule has 0 amide bonds. The molecule has 0 fully saturated rings. The normalized spacial score (nSPS) is 11.0. The third-order valence-electron chi connectivity index (χ3n) is 5.61. The Kier molecular flexibility index (Phi) is 10.1. The van der Waals surface area contributed by atoms with E-state index in [0.717, 1.165) is 0 Å². The van der Waals surface area contributed by atoms with Gasteiger partial charge in [0, 0.05) is 9.79 Å². The number of nitrogens with zero attached hydrogens (tertiary/aromatic N) is 1. The number of anilines is 3. The molecule has 5 heteroatoms. The molecule has 6 rings (SSSR count). The average Bonchev–Trinajstić information content (AvgIpc) is 3.37. The fourth-order valence-electron chi connectivity index (χ4n) is 3.85. The van der Waals surface area contributed by atoms with E-state index >= 15 is 0 Å². The first kappa shape index (κ1) is 27.5. The van der Waals surface area contributed by atoms with Crippen molar-refractivity contribution >= 4 is 39.6 Å². The maximum Gasteiger partial charge on any atom is 4.00 e. The summed E-state index contributed by atoms with van der Waals surface area (Å²) in [5, 5.41) is 2.58. The minimum absolute atomic E-state index is 0. The molecule has 5 aromatic carbocycles. The number of para-hydroxylation sites is 2. The summed E-state index contributed by atoms with van der Waals surface area (Å²) in [6.45, 7) is 4.24. The molecule has 0 saturated heterocycles. The van der Waals surface area contributed by atoms with Gasteiger partial charge in [0.15, 0.2) is 0 Å². The van der Waals surface area contributed by atoms with Gasteiger partial charge in [-0.1, -0.05) is 55.9 Å². The van der Waals surface area contributed by atoms with E-state index in [0.29, 0.717) is 0 Å². The number of benzene rings is 3. The van der Waals surface area contributed by atoms with Crippen LogP contribution in [0.3, 0.4) is 0 Å². The van der Waals surface area contributed by atoms with Crippen molar-refractivity contribution in [3.8, 4) is 0 Å². The van der Waals surface area contributed by atoms with Gasteiger partial charge in [-0.05, 0) is 30.0 Å².